The average Bonchev–Trinajstić information content (AvgIpc) is 2.84. The Morgan fingerprint density at radius 3 is 2.62 bits per heavy atom. The van der Waals surface area contributed by atoms with Crippen molar-refractivity contribution in [1.29, 1.82) is 0 Å². The van der Waals surface area contributed by atoms with Gasteiger partial charge in [-0.2, -0.15) is 0 Å². The molecular formula is C26H38N6OS. The van der Waals surface area contributed by atoms with Crippen molar-refractivity contribution >= 4 is 22.7 Å². The topological polar surface area (TPSA) is 63.5 Å². The van der Waals surface area contributed by atoms with Crippen LogP contribution in [0.5, 0.6) is 0 Å². The molecule has 8 heteroatoms. The van der Waals surface area contributed by atoms with Gasteiger partial charge in [0, 0.05) is 38.3 Å². The van der Waals surface area contributed by atoms with Crippen molar-refractivity contribution in [3.8, 4) is 0 Å². The highest BCUT2D eigenvalue weighted by molar-refractivity contribution is 7.82. The molecule has 1 aromatic rings. The van der Waals surface area contributed by atoms with Gasteiger partial charge in [0.05, 0.1) is 17.5 Å². The first-order valence-electron chi connectivity index (χ1n) is 11.9. The maximum atomic E-state index is 12.8. The molecule has 3 rings (SSSR count). The molecule has 2 atom stereocenters. The third kappa shape index (κ3) is 7.84. The van der Waals surface area contributed by atoms with Gasteiger partial charge in [-0.05, 0) is 46.1 Å². The smallest absolute Gasteiger partial charge is 0.131 e. The number of piperazine rings is 1. The summed E-state index contributed by atoms with van der Waals surface area (Å²) in [5, 5.41) is 3.50. The van der Waals surface area contributed by atoms with Crippen LogP contribution in [0.15, 0.2) is 81.7 Å². The Morgan fingerprint density at radius 2 is 1.94 bits per heavy atom. The summed E-state index contributed by atoms with van der Waals surface area (Å²) in [6.07, 6.45) is 8.76. The lowest BCUT2D eigenvalue weighted by molar-refractivity contribution is 0.213. The normalized spacial score (nSPS) is 23.4. The molecule has 2 heterocycles. The van der Waals surface area contributed by atoms with E-state index in [4.69, 9.17) is 9.98 Å². The van der Waals surface area contributed by atoms with Crippen molar-refractivity contribution in [2.45, 2.75) is 24.3 Å². The van der Waals surface area contributed by atoms with Gasteiger partial charge in [-0.3, -0.25) is 14.9 Å². The van der Waals surface area contributed by atoms with Crippen molar-refractivity contribution in [2.24, 2.45) is 9.98 Å². The lowest BCUT2D eigenvalue weighted by Crippen LogP contribution is -2.52. The molecule has 1 aromatic carbocycles. The summed E-state index contributed by atoms with van der Waals surface area (Å²) in [5.41, 5.74) is 1.09. The van der Waals surface area contributed by atoms with E-state index in [1.807, 2.05) is 42.5 Å². The number of benzene rings is 1. The number of nitrogens with zero attached hydrogens (tertiary/aromatic N) is 5. The molecule has 0 spiro atoms. The van der Waals surface area contributed by atoms with Crippen LogP contribution in [0.3, 0.4) is 0 Å². The van der Waals surface area contributed by atoms with E-state index < -0.39 is 11.0 Å². The van der Waals surface area contributed by atoms with E-state index in [-0.39, 0.29) is 6.04 Å². The molecule has 34 heavy (non-hydrogen) atoms. The quantitative estimate of drug-likeness (QED) is 0.412. The van der Waals surface area contributed by atoms with Gasteiger partial charge in [0.1, 0.15) is 22.7 Å². The standard InChI is InChI=1S/C26H38N6OS/c1-5-6-8-14-24-22(2)28-25(29-26(24)27-15-11-16-30(3)4)21-31-17-19-32(20-18-31)34(33)23-12-9-7-10-13-23/h5-10,12-14,22H,1,11,15-21H2,2-4H3,(H,27,28,29)/b8-6-,24-14+. The summed E-state index contributed by atoms with van der Waals surface area (Å²) < 4.78 is 14.9. The fourth-order valence-corrected chi connectivity index (χ4v) is 5.12. The van der Waals surface area contributed by atoms with Gasteiger partial charge >= 0.3 is 0 Å². The zero-order valence-corrected chi connectivity index (χ0v) is 21.5. The SMILES string of the molecule is C=C/C=C\C=C1\C(=NCCCN(C)C)NC(CN2CCN(S(=O)c3ccccc3)CC2)=NC1C. The lowest BCUT2D eigenvalue weighted by Gasteiger charge is -2.35. The number of aliphatic imine (C=N–C) groups is 2. The summed E-state index contributed by atoms with van der Waals surface area (Å²) >= 11 is 0. The minimum Gasteiger partial charge on any atom is -0.328 e. The number of hydrogen-bond donors (Lipinski definition) is 1. The first-order valence-corrected chi connectivity index (χ1v) is 13.1. The van der Waals surface area contributed by atoms with Crippen LogP contribution in [0.25, 0.3) is 0 Å². The van der Waals surface area contributed by atoms with Crippen molar-refractivity contribution in [3.05, 3.63) is 66.8 Å². The molecule has 1 saturated heterocycles. The minimum absolute atomic E-state index is 0.0326. The van der Waals surface area contributed by atoms with Gasteiger partial charge in [0.2, 0.25) is 0 Å². The number of allylic oxidation sites excluding steroid dienone is 4. The molecule has 0 saturated carbocycles. The first-order chi connectivity index (χ1) is 16.5. The van der Waals surface area contributed by atoms with Gasteiger partial charge in [0.25, 0.3) is 0 Å². The monoisotopic (exact) mass is 482 g/mol. The van der Waals surface area contributed by atoms with Crippen LogP contribution < -0.4 is 5.32 Å². The Morgan fingerprint density at radius 1 is 1.21 bits per heavy atom. The third-order valence-electron chi connectivity index (χ3n) is 5.78. The summed E-state index contributed by atoms with van der Waals surface area (Å²) in [4.78, 5) is 15.2. The van der Waals surface area contributed by atoms with Crippen LogP contribution in [-0.2, 0) is 11.0 Å². The highest BCUT2D eigenvalue weighted by atomic mass is 32.2. The third-order valence-corrected chi connectivity index (χ3v) is 7.29. The second-order valence-electron chi connectivity index (χ2n) is 8.77. The lowest BCUT2D eigenvalue weighted by atomic mass is 10.0. The zero-order chi connectivity index (χ0) is 24.3. The van der Waals surface area contributed by atoms with Crippen molar-refractivity contribution in [1.82, 2.24) is 19.4 Å². The molecule has 184 valence electrons. The molecule has 1 N–H and O–H groups in total. The van der Waals surface area contributed by atoms with Crippen LogP contribution in [-0.4, -0.2) is 95.9 Å². The molecule has 2 unspecified atom stereocenters. The van der Waals surface area contributed by atoms with E-state index in [9.17, 15) is 4.21 Å². The van der Waals surface area contributed by atoms with Crippen molar-refractivity contribution in [2.75, 3.05) is 59.9 Å². The van der Waals surface area contributed by atoms with E-state index in [2.05, 4.69) is 53.1 Å². The second-order valence-corrected chi connectivity index (χ2v) is 10.3. The molecule has 1 fully saturated rings. The van der Waals surface area contributed by atoms with Crippen molar-refractivity contribution < 1.29 is 4.21 Å². The average molecular weight is 483 g/mol. The van der Waals surface area contributed by atoms with E-state index >= 15 is 0 Å². The van der Waals surface area contributed by atoms with E-state index in [0.29, 0.717) is 0 Å². The van der Waals surface area contributed by atoms with E-state index in [1.165, 1.54) is 0 Å². The number of hydrogen-bond acceptors (Lipinski definition) is 5. The number of rotatable bonds is 10. The summed E-state index contributed by atoms with van der Waals surface area (Å²) in [5.74, 6) is 1.86. The Hall–Kier alpha value is -2.39. The zero-order valence-electron chi connectivity index (χ0n) is 20.7. The van der Waals surface area contributed by atoms with Gasteiger partial charge in [0.15, 0.2) is 0 Å². The molecule has 0 radical (unpaired) electrons. The van der Waals surface area contributed by atoms with Gasteiger partial charge < -0.3 is 10.2 Å². The highest BCUT2D eigenvalue weighted by Crippen LogP contribution is 2.16. The van der Waals surface area contributed by atoms with Crippen LogP contribution in [0.1, 0.15) is 13.3 Å². The van der Waals surface area contributed by atoms with Crippen molar-refractivity contribution in [3.63, 3.8) is 0 Å². The van der Waals surface area contributed by atoms with Gasteiger partial charge in [-0.1, -0.05) is 49.1 Å². The summed E-state index contributed by atoms with van der Waals surface area (Å²) in [6, 6.07) is 9.72. The molecule has 2 aliphatic heterocycles. The molecule has 7 nitrogen and oxygen atoms in total. The molecule has 2 aliphatic rings. The molecule has 0 aliphatic carbocycles. The number of nitrogens with one attached hydrogen (secondary N) is 1. The maximum Gasteiger partial charge on any atom is 0.131 e. The minimum atomic E-state index is -1.10. The summed E-state index contributed by atoms with van der Waals surface area (Å²) in [6.45, 7) is 11.6. The predicted molar refractivity (Wildman–Crippen MR) is 144 cm³/mol. The van der Waals surface area contributed by atoms with Crippen LogP contribution in [0.4, 0.5) is 0 Å². The van der Waals surface area contributed by atoms with Crippen LogP contribution >= 0.6 is 0 Å². The van der Waals surface area contributed by atoms with Crippen LogP contribution in [0.2, 0.25) is 0 Å². The van der Waals surface area contributed by atoms with E-state index in [1.54, 1.807) is 6.08 Å². The van der Waals surface area contributed by atoms with Gasteiger partial charge in [-0.15, -0.1) is 0 Å². The Balaban J connectivity index is 1.61. The number of amidine groups is 2. The second kappa shape index (κ2) is 13.5. The van der Waals surface area contributed by atoms with Gasteiger partial charge in [-0.25, -0.2) is 8.51 Å². The predicted octanol–water partition coefficient (Wildman–Crippen LogP) is 2.74. The first kappa shape index (κ1) is 26.2. The Labute approximate surface area is 207 Å². The summed E-state index contributed by atoms with van der Waals surface area (Å²) in [7, 11) is 3.06. The maximum absolute atomic E-state index is 12.8. The Bertz CT molecular complexity index is 945. The fourth-order valence-electron chi connectivity index (χ4n) is 3.94. The molecule has 0 aromatic heterocycles. The highest BCUT2D eigenvalue weighted by Gasteiger charge is 2.26. The molecular weight excluding hydrogens is 444 g/mol. The molecule has 0 amide bonds. The molecule has 0 bridgehead atoms. The largest absolute Gasteiger partial charge is 0.328 e. The van der Waals surface area contributed by atoms with Crippen LogP contribution in [0, 0.1) is 0 Å². The Kier molecular flexibility index (Phi) is 10.4. The van der Waals surface area contributed by atoms with E-state index in [0.717, 1.165) is 74.4 Å². The fraction of sp³-hybridized carbons (Fsp3) is 0.462.